The summed E-state index contributed by atoms with van der Waals surface area (Å²) in [6, 6.07) is 7.56. The zero-order chi connectivity index (χ0) is 23.4. The molecule has 4 rings (SSSR count). The molecule has 0 radical (unpaired) electrons. The molecule has 0 spiro atoms. The molecule has 33 heavy (non-hydrogen) atoms. The van der Waals surface area contributed by atoms with Crippen molar-refractivity contribution in [2.75, 3.05) is 38.7 Å². The Morgan fingerprint density at radius 1 is 1.55 bits per heavy atom. The van der Waals surface area contributed by atoms with Gasteiger partial charge in [0.05, 0.1) is 24.6 Å². The molecule has 1 atom stereocenters. The third kappa shape index (κ3) is 4.69. The van der Waals surface area contributed by atoms with Gasteiger partial charge >= 0.3 is 5.97 Å². The van der Waals surface area contributed by atoms with Gasteiger partial charge in [0, 0.05) is 50.1 Å². The lowest BCUT2D eigenvalue weighted by Gasteiger charge is -2.34. The number of hydrogen-bond donors (Lipinski definition) is 3. The molecule has 1 fully saturated rings. The minimum Gasteiger partial charge on any atom is -0.495 e. The van der Waals surface area contributed by atoms with E-state index in [0.29, 0.717) is 41.6 Å². The highest BCUT2D eigenvalue weighted by atomic mass is 16.5. The van der Waals surface area contributed by atoms with E-state index in [0.717, 1.165) is 36.3 Å². The summed E-state index contributed by atoms with van der Waals surface area (Å²) in [7, 11) is 1.49. The monoisotopic (exact) mass is 447 g/mol. The van der Waals surface area contributed by atoms with Crippen LogP contribution in [0.4, 0.5) is 5.82 Å². The summed E-state index contributed by atoms with van der Waals surface area (Å²) >= 11 is 0. The van der Waals surface area contributed by atoms with Gasteiger partial charge in [-0.2, -0.15) is 10.4 Å². The number of fused-ring (bicyclic) bond motifs is 1. The molecule has 3 N–H and O–H groups in total. The number of methoxy groups -OCH3 is 1. The van der Waals surface area contributed by atoms with E-state index < -0.39 is 0 Å². The van der Waals surface area contributed by atoms with E-state index in [9.17, 15) is 4.79 Å². The summed E-state index contributed by atoms with van der Waals surface area (Å²) in [5, 5.41) is 24.7. The van der Waals surface area contributed by atoms with Crippen molar-refractivity contribution in [3.05, 3.63) is 52.2 Å². The van der Waals surface area contributed by atoms with Crippen molar-refractivity contribution in [3.8, 4) is 11.8 Å². The fraction of sp³-hybridized carbons (Fsp3) is 0.348. The number of rotatable bonds is 7. The molecule has 2 aromatic rings. The molecule has 2 aliphatic heterocycles. The van der Waals surface area contributed by atoms with E-state index >= 15 is 0 Å². The molecule has 0 saturated carbocycles. The molecule has 170 valence electrons. The Morgan fingerprint density at radius 2 is 2.39 bits per heavy atom. The van der Waals surface area contributed by atoms with Gasteiger partial charge in [0.2, 0.25) is 0 Å². The molecule has 10 heteroatoms. The molecule has 10 nitrogen and oxygen atoms in total. The number of aromatic nitrogens is 1. The number of anilines is 1. The normalized spacial score (nSPS) is 18.3. The standard InChI is InChI=1S/C23H25N7O3/c1-14-17(3-4-18-19(14)13-33-23(18)31)20-12-30(6-5-26-20)11-16(9-25)28-29-22-7-21(32-2)15(8-24)10-27-22/h3-4,7,9-10,20,25-26H,5-6,11-13H2,1-2H3,(H,27,29)/b25-9?,28-16+/t20-/m0/s1. The van der Waals surface area contributed by atoms with Crippen molar-refractivity contribution in [2.24, 2.45) is 5.10 Å². The topological polar surface area (TPSA) is 136 Å². The largest absolute Gasteiger partial charge is 0.495 e. The lowest BCUT2D eigenvalue weighted by Crippen LogP contribution is -2.47. The van der Waals surface area contributed by atoms with Crippen LogP contribution in [0.1, 0.15) is 38.7 Å². The van der Waals surface area contributed by atoms with Gasteiger partial charge in [0.15, 0.2) is 0 Å². The highest BCUT2D eigenvalue weighted by Gasteiger charge is 2.28. The number of cyclic esters (lactones) is 1. The minimum atomic E-state index is -0.258. The summed E-state index contributed by atoms with van der Waals surface area (Å²) in [5.74, 6) is 0.573. The second-order valence-corrected chi connectivity index (χ2v) is 7.86. The lowest BCUT2D eigenvalue weighted by molar-refractivity contribution is 0.0535. The molecule has 3 heterocycles. The fourth-order valence-corrected chi connectivity index (χ4v) is 4.13. The SMILES string of the molecule is COc1cc(N/N=C(\C=N)CN2CCN[C@H](c3ccc4c(c3C)COC4=O)C2)ncc1C#N. The van der Waals surface area contributed by atoms with Gasteiger partial charge in [-0.25, -0.2) is 9.78 Å². The summed E-state index contributed by atoms with van der Waals surface area (Å²) in [5.41, 5.74) is 7.58. The first-order valence-corrected chi connectivity index (χ1v) is 10.6. The van der Waals surface area contributed by atoms with Crippen LogP contribution in [-0.2, 0) is 11.3 Å². The second kappa shape index (κ2) is 9.77. The number of nitriles is 1. The predicted octanol–water partition coefficient (Wildman–Crippen LogP) is 2.00. The summed E-state index contributed by atoms with van der Waals surface area (Å²) in [6.07, 6.45) is 2.63. The fourth-order valence-electron chi connectivity index (χ4n) is 4.13. The van der Waals surface area contributed by atoms with Gasteiger partial charge in [-0.15, -0.1) is 0 Å². The van der Waals surface area contributed by atoms with Crippen molar-refractivity contribution >= 4 is 23.7 Å². The van der Waals surface area contributed by atoms with Crippen LogP contribution < -0.4 is 15.5 Å². The minimum absolute atomic E-state index is 0.101. The molecule has 1 aromatic heterocycles. The number of carbonyl (C=O) groups excluding carboxylic acids is 1. The lowest BCUT2D eigenvalue weighted by atomic mass is 9.93. The number of hydrazone groups is 1. The zero-order valence-corrected chi connectivity index (χ0v) is 18.5. The Kier molecular flexibility index (Phi) is 6.63. The van der Waals surface area contributed by atoms with Crippen molar-refractivity contribution in [1.82, 2.24) is 15.2 Å². The number of ether oxygens (including phenoxy) is 2. The quantitative estimate of drug-likeness (QED) is 0.333. The number of piperazine rings is 1. The molecule has 1 saturated heterocycles. The average Bonchev–Trinajstić information content (AvgIpc) is 3.23. The molecule has 0 aliphatic carbocycles. The highest BCUT2D eigenvalue weighted by Crippen LogP contribution is 2.30. The smallest absolute Gasteiger partial charge is 0.338 e. The number of hydrogen-bond acceptors (Lipinski definition) is 10. The van der Waals surface area contributed by atoms with Crippen LogP contribution >= 0.6 is 0 Å². The van der Waals surface area contributed by atoms with Crippen molar-refractivity contribution in [1.29, 1.82) is 10.7 Å². The predicted molar refractivity (Wildman–Crippen MR) is 123 cm³/mol. The summed E-state index contributed by atoms with van der Waals surface area (Å²) in [6.45, 7) is 5.21. The molecular formula is C23H25N7O3. The van der Waals surface area contributed by atoms with Crippen LogP contribution in [0, 0.1) is 23.7 Å². The maximum absolute atomic E-state index is 11.8. The summed E-state index contributed by atoms with van der Waals surface area (Å²) < 4.78 is 10.4. The first kappa shape index (κ1) is 22.4. The van der Waals surface area contributed by atoms with Gasteiger partial charge in [-0.3, -0.25) is 10.3 Å². The number of nitrogens with one attached hydrogen (secondary N) is 3. The van der Waals surface area contributed by atoms with Crippen LogP contribution in [0.3, 0.4) is 0 Å². The van der Waals surface area contributed by atoms with Gasteiger partial charge in [-0.1, -0.05) is 6.07 Å². The Bertz CT molecular complexity index is 1160. The molecule has 1 aromatic carbocycles. The second-order valence-electron chi connectivity index (χ2n) is 7.86. The van der Waals surface area contributed by atoms with Gasteiger partial charge in [0.1, 0.15) is 29.8 Å². The number of esters is 1. The number of pyridine rings is 1. The third-order valence-corrected chi connectivity index (χ3v) is 5.92. The van der Waals surface area contributed by atoms with E-state index in [1.807, 2.05) is 25.1 Å². The Balaban J connectivity index is 1.44. The van der Waals surface area contributed by atoms with Crippen LogP contribution in [0.25, 0.3) is 0 Å². The summed E-state index contributed by atoms with van der Waals surface area (Å²) in [4.78, 5) is 18.2. The Morgan fingerprint density at radius 3 is 3.15 bits per heavy atom. The van der Waals surface area contributed by atoms with E-state index in [-0.39, 0.29) is 12.0 Å². The molecule has 0 unspecified atom stereocenters. The Hall–Kier alpha value is -3.81. The van der Waals surface area contributed by atoms with Gasteiger partial charge in [0.25, 0.3) is 0 Å². The van der Waals surface area contributed by atoms with E-state index in [2.05, 4.69) is 25.7 Å². The van der Waals surface area contributed by atoms with Crippen LogP contribution in [0.5, 0.6) is 5.75 Å². The van der Waals surface area contributed by atoms with Crippen LogP contribution in [0.2, 0.25) is 0 Å². The van der Waals surface area contributed by atoms with Gasteiger partial charge in [-0.05, 0) is 24.1 Å². The molecule has 2 aliphatic rings. The maximum atomic E-state index is 11.8. The first-order valence-electron chi connectivity index (χ1n) is 10.6. The molecule has 0 amide bonds. The van der Waals surface area contributed by atoms with Crippen molar-refractivity contribution in [3.63, 3.8) is 0 Å². The van der Waals surface area contributed by atoms with Crippen molar-refractivity contribution in [2.45, 2.75) is 19.6 Å². The number of carbonyl (C=O) groups is 1. The average molecular weight is 447 g/mol. The third-order valence-electron chi connectivity index (χ3n) is 5.92. The van der Waals surface area contributed by atoms with Crippen LogP contribution in [-0.4, -0.2) is 61.1 Å². The van der Waals surface area contributed by atoms with Gasteiger partial charge < -0.3 is 20.2 Å². The zero-order valence-electron chi connectivity index (χ0n) is 18.5. The molecule has 0 bridgehead atoms. The van der Waals surface area contributed by atoms with E-state index in [1.165, 1.54) is 19.5 Å². The first-order chi connectivity index (χ1) is 16.0. The highest BCUT2D eigenvalue weighted by molar-refractivity contribution is 6.30. The van der Waals surface area contributed by atoms with Crippen LogP contribution in [0.15, 0.2) is 29.5 Å². The number of nitrogens with zero attached hydrogens (tertiary/aromatic N) is 4. The van der Waals surface area contributed by atoms with E-state index in [4.69, 9.17) is 20.1 Å². The maximum Gasteiger partial charge on any atom is 0.338 e. The van der Waals surface area contributed by atoms with Crippen molar-refractivity contribution < 1.29 is 14.3 Å². The van der Waals surface area contributed by atoms with E-state index in [1.54, 1.807) is 6.07 Å². The molecular weight excluding hydrogens is 422 g/mol. The Labute approximate surface area is 191 Å². The number of benzene rings is 1.